The summed E-state index contributed by atoms with van der Waals surface area (Å²) in [5.74, 6) is 0. The van der Waals surface area contributed by atoms with Crippen molar-refractivity contribution in [3.63, 3.8) is 0 Å². The molecule has 1 aromatic heterocycles. The summed E-state index contributed by atoms with van der Waals surface area (Å²) in [4.78, 5) is 4.19. The second-order valence-corrected chi connectivity index (χ2v) is 3.22. The zero-order chi connectivity index (χ0) is 10.5. The van der Waals surface area contributed by atoms with Gasteiger partial charge in [-0.3, -0.25) is 4.98 Å². The Morgan fingerprint density at radius 3 is 2.40 bits per heavy atom. The maximum atomic E-state index is 5.95. The lowest BCUT2D eigenvalue weighted by Crippen LogP contribution is -1.95. The molecule has 0 radical (unpaired) electrons. The van der Waals surface area contributed by atoms with Crippen molar-refractivity contribution in [1.29, 1.82) is 0 Å². The fraction of sp³-hybridized carbons (Fsp3) is 0. The van der Waals surface area contributed by atoms with E-state index in [0.29, 0.717) is 0 Å². The van der Waals surface area contributed by atoms with Crippen molar-refractivity contribution in [2.45, 2.75) is 0 Å². The van der Waals surface area contributed by atoms with Crippen LogP contribution in [0.1, 0.15) is 11.3 Å². The van der Waals surface area contributed by atoms with Crippen molar-refractivity contribution in [3.8, 4) is 0 Å². The molecular formula is C13H12N2. The molecule has 0 unspecified atom stereocenters. The molecule has 2 N–H and O–H groups in total. The molecule has 1 heterocycles. The minimum Gasteiger partial charge on any atom is -0.398 e. The fourth-order valence-electron chi connectivity index (χ4n) is 1.33. The van der Waals surface area contributed by atoms with Gasteiger partial charge in [-0.15, -0.1) is 0 Å². The maximum absolute atomic E-state index is 5.95. The Morgan fingerprint density at radius 1 is 1.00 bits per heavy atom. The summed E-state index contributed by atoms with van der Waals surface area (Å²) < 4.78 is 0. The maximum Gasteiger partial charge on any atom is 0.0650 e. The Kier molecular flexibility index (Phi) is 2.79. The van der Waals surface area contributed by atoms with Gasteiger partial charge in [0.2, 0.25) is 0 Å². The highest BCUT2D eigenvalue weighted by molar-refractivity contribution is 5.78. The van der Waals surface area contributed by atoms with E-state index >= 15 is 0 Å². The molecule has 0 aliphatic heterocycles. The normalized spacial score (nSPS) is 11.3. The lowest BCUT2D eigenvalue weighted by molar-refractivity contribution is 1.29. The minimum atomic E-state index is 0.731. The second-order valence-electron chi connectivity index (χ2n) is 3.22. The third kappa shape index (κ3) is 2.44. The Morgan fingerprint density at radius 2 is 1.73 bits per heavy atom. The number of pyridine rings is 1. The van der Waals surface area contributed by atoms with E-state index in [1.54, 1.807) is 6.20 Å². The zero-order valence-corrected chi connectivity index (χ0v) is 8.30. The van der Waals surface area contributed by atoms with E-state index in [1.165, 1.54) is 0 Å². The quantitative estimate of drug-likeness (QED) is 0.801. The van der Waals surface area contributed by atoms with Crippen LogP contribution in [0.2, 0.25) is 0 Å². The predicted octanol–water partition coefficient (Wildman–Crippen LogP) is 2.54. The average Bonchev–Trinajstić information content (AvgIpc) is 2.31. The molecule has 0 fully saturated rings. The van der Waals surface area contributed by atoms with Gasteiger partial charge < -0.3 is 5.73 Å². The molecule has 2 heteroatoms. The van der Waals surface area contributed by atoms with E-state index in [-0.39, 0.29) is 0 Å². The van der Waals surface area contributed by atoms with Gasteiger partial charge in [-0.2, -0.15) is 0 Å². The molecule has 1 aromatic carbocycles. The highest BCUT2D eigenvalue weighted by atomic mass is 14.7. The molecule has 0 bridgehead atoms. The average molecular weight is 196 g/mol. The van der Waals surface area contributed by atoms with Crippen LogP contribution in [0.25, 0.3) is 11.8 Å². The summed E-state index contributed by atoms with van der Waals surface area (Å²) in [5.41, 5.74) is 8.57. The van der Waals surface area contributed by atoms with Crippen molar-refractivity contribution in [2.75, 3.05) is 0 Å². The molecular weight excluding hydrogens is 184 g/mol. The highest BCUT2D eigenvalue weighted by Gasteiger charge is 1.95. The molecule has 0 atom stereocenters. The number of nitrogens with zero attached hydrogens (tertiary/aromatic N) is 1. The van der Waals surface area contributed by atoms with E-state index in [0.717, 1.165) is 17.0 Å². The van der Waals surface area contributed by atoms with Crippen LogP contribution in [0.4, 0.5) is 0 Å². The predicted molar refractivity (Wildman–Crippen MR) is 62.7 cm³/mol. The van der Waals surface area contributed by atoms with Gasteiger partial charge in [0.05, 0.1) is 5.69 Å². The molecule has 15 heavy (non-hydrogen) atoms. The van der Waals surface area contributed by atoms with Crippen LogP contribution >= 0.6 is 0 Å². The lowest BCUT2D eigenvalue weighted by Gasteiger charge is -2.00. The molecule has 0 saturated heterocycles. The molecule has 2 aromatic rings. The lowest BCUT2D eigenvalue weighted by atomic mass is 10.1. The van der Waals surface area contributed by atoms with E-state index < -0.39 is 0 Å². The first kappa shape index (κ1) is 9.46. The van der Waals surface area contributed by atoms with Gasteiger partial charge >= 0.3 is 0 Å². The molecule has 0 spiro atoms. The van der Waals surface area contributed by atoms with Gasteiger partial charge in [0, 0.05) is 11.9 Å². The van der Waals surface area contributed by atoms with E-state index in [4.69, 9.17) is 5.73 Å². The van der Waals surface area contributed by atoms with E-state index in [1.807, 2.05) is 54.6 Å². The standard InChI is InChI=1S/C13H12N2/c14-13(11-6-2-1-3-7-11)10-12-8-4-5-9-15-12/h1-10H,14H2/b13-10+. The van der Waals surface area contributed by atoms with Crippen LogP contribution in [-0.2, 0) is 0 Å². The number of nitrogens with two attached hydrogens (primary N) is 1. The van der Waals surface area contributed by atoms with Crippen LogP contribution in [0.5, 0.6) is 0 Å². The third-order valence-corrected chi connectivity index (χ3v) is 2.10. The van der Waals surface area contributed by atoms with Crippen LogP contribution in [-0.4, -0.2) is 4.98 Å². The number of benzene rings is 1. The third-order valence-electron chi connectivity index (χ3n) is 2.10. The van der Waals surface area contributed by atoms with Gasteiger partial charge in [-0.25, -0.2) is 0 Å². The molecule has 0 saturated carbocycles. The van der Waals surface area contributed by atoms with Gasteiger partial charge in [-0.05, 0) is 23.8 Å². The van der Waals surface area contributed by atoms with Gasteiger partial charge in [0.15, 0.2) is 0 Å². The minimum absolute atomic E-state index is 0.731. The summed E-state index contributed by atoms with van der Waals surface area (Å²) in [7, 11) is 0. The second kappa shape index (κ2) is 4.42. The van der Waals surface area contributed by atoms with Gasteiger partial charge in [-0.1, -0.05) is 36.4 Å². The van der Waals surface area contributed by atoms with Crippen molar-refractivity contribution in [1.82, 2.24) is 4.98 Å². The first-order valence-corrected chi connectivity index (χ1v) is 4.80. The van der Waals surface area contributed by atoms with Crippen LogP contribution in [0.3, 0.4) is 0 Å². The Hall–Kier alpha value is -2.09. The summed E-state index contributed by atoms with van der Waals surface area (Å²) in [5, 5.41) is 0. The Bertz CT molecular complexity index is 446. The van der Waals surface area contributed by atoms with E-state index in [9.17, 15) is 0 Å². The molecule has 2 nitrogen and oxygen atoms in total. The van der Waals surface area contributed by atoms with E-state index in [2.05, 4.69) is 4.98 Å². The van der Waals surface area contributed by atoms with Crippen molar-refractivity contribution in [2.24, 2.45) is 5.73 Å². The van der Waals surface area contributed by atoms with Crippen molar-refractivity contribution < 1.29 is 0 Å². The van der Waals surface area contributed by atoms with Gasteiger partial charge in [0.1, 0.15) is 0 Å². The zero-order valence-electron chi connectivity index (χ0n) is 8.30. The topological polar surface area (TPSA) is 38.9 Å². The summed E-state index contributed by atoms with van der Waals surface area (Å²) in [6.45, 7) is 0. The SMILES string of the molecule is N/C(=C/c1ccccn1)c1ccccc1. The molecule has 0 amide bonds. The first-order valence-electron chi connectivity index (χ1n) is 4.80. The molecule has 0 aliphatic carbocycles. The summed E-state index contributed by atoms with van der Waals surface area (Å²) in [6.07, 6.45) is 3.62. The number of aromatic nitrogens is 1. The van der Waals surface area contributed by atoms with Gasteiger partial charge in [0.25, 0.3) is 0 Å². The number of hydrogen-bond acceptors (Lipinski definition) is 2. The first-order chi connectivity index (χ1) is 7.36. The smallest absolute Gasteiger partial charge is 0.0650 e. The largest absolute Gasteiger partial charge is 0.398 e. The molecule has 74 valence electrons. The van der Waals surface area contributed by atoms with Crippen LogP contribution in [0, 0.1) is 0 Å². The van der Waals surface area contributed by atoms with Crippen molar-refractivity contribution >= 4 is 11.8 Å². The fourth-order valence-corrected chi connectivity index (χ4v) is 1.33. The monoisotopic (exact) mass is 196 g/mol. The molecule has 2 rings (SSSR count). The summed E-state index contributed by atoms with van der Waals surface area (Å²) in [6, 6.07) is 15.6. The Labute approximate surface area is 89.1 Å². The van der Waals surface area contributed by atoms with Crippen molar-refractivity contribution in [3.05, 3.63) is 66.0 Å². The number of rotatable bonds is 2. The highest BCUT2D eigenvalue weighted by Crippen LogP contribution is 2.11. The Balaban J connectivity index is 2.29. The van der Waals surface area contributed by atoms with Crippen LogP contribution in [0.15, 0.2) is 54.7 Å². The summed E-state index contributed by atoms with van der Waals surface area (Å²) >= 11 is 0. The van der Waals surface area contributed by atoms with Crippen LogP contribution < -0.4 is 5.73 Å². The number of hydrogen-bond donors (Lipinski definition) is 1. The molecule has 0 aliphatic rings.